The molecule has 0 saturated carbocycles. The van der Waals surface area contributed by atoms with E-state index in [2.05, 4.69) is 5.32 Å². The van der Waals surface area contributed by atoms with Crippen molar-refractivity contribution in [2.45, 2.75) is 64.6 Å². The van der Waals surface area contributed by atoms with Crippen molar-refractivity contribution >= 4 is 17.8 Å². The van der Waals surface area contributed by atoms with Crippen LogP contribution in [0.3, 0.4) is 0 Å². The number of fused-ring (bicyclic) bond motifs is 1. The predicted molar refractivity (Wildman–Crippen MR) is 120 cm³/mol. The molecule has 32 heavy (non-hydrogen) atoms. The van der Waals surface area contributed by atoms with Gasteiger partial charge >= 0.3 is 5.97 Å². The highest BCUT2D eigenvalue weighted by molar-refractivity contribution is 5.86. The Kier molecular flexibility index (Phi) is 8.45. The van der Waals surface area contributed by atoms with Gasteiger partial charge in [0.25, 0.3) is 0 Å². The van der Waals surface area contributed by atoms with E-state index < -0.39 is 5.92 Å². The summed E-state index contributed by atoms with van der Waals surface area (Å²) >= 11 is 0. The van der Waals surface area contributed by atoms with Gasteiger partial charge < -0.3 is 20.1 Å². The van der Waals surface area contributed by atoms with E-state index in [1.54, 1.807) is 4.90 Å². The number of aliphatic hydroxyl groups excluding tert-OH is 1. The third-order valence-electron chi connectivity index (χ3n) is 6.34. The monoisotopic (exact) mass is 442 g/mol. The lowest BCUT2D eigenvalue weighted by atomic mass is 9.92. The Morgan fingerprint density at radius 2 is 1.97 bits per heavy atom. The predicted octanol–water partition coefficient (Wildman–Crippen LogP) is 2.36. The molecule has 2 N–H and O–H groups in total. The molecule has 2 amide bonds. The fraction of sp³-hybridized carbons (Fsp3) is 0.560. The zero-order valence-corrected chi connectivity index (χ0v) is 19.0. The van der Waals surface area contributed by atoms with Crippen LogP contribution in [0, 0.1) is 11.8 Å². The maximum Gasteiger partial charge on any atom is 0.306 e. The molecule has 0 bridgehead atoms. The number of nitrogens with zero attached hydrogens (tertiary/aromatic N) is 1. The number of benzene rings is 1. The van der Waals surface area contributed by atoms with Crippen molar-refractivity contribution in [2.24, 2.45) is 11.8 Å². The third-order valence-corrected chi connectivity index (χ3v) is 6.34. The van der Waals surface area contributed by atoms with Gasteiger partial charge in [-0.25, -0.2) is 0 Å². The van der Waals surface area contributed by atoms with Gasteiger partial charge in [0.2, 0.25) is 11.8 Å². The van der Waals surface area contributed by atoms with Crippen molar-refractivity contribution in [3.8, 4) is 0 Å². The van der Waals surface area contributed by atoms with Crippen LogP contribution in [0.2, 0.25) is 0 Å². The Hall–Kier alpha value is -2.67. The molecule has 0 spiro atoms. The molecule has 3 rings (SSSR count). The number of ether oxygens (including phenoxy) is 1. The minimum absolute atomic E-state index is 0.0689. The highest BCUT2D eigenvalue weighted by Gasteiger charge is 2.32. The van der Waals surface area contributed by atoms with Crippen molar-refractivity contribution < 1.29 is 24.2 Å². The van der Waals surface area contributed by atoms with Gasteiger partial charge in [-0.1, -0.05) is 50.3 Å². The van der Waals surface area contributed by atoms with Crippen LogP contribution in [-0.4, -0.2) is 53.1 Å². The van der Waals surface area contributed by atoms with E-state index in [0.29, 0.717) is 32.2 Å². The van der Waals surface area contributed by atoms with E-state index >= 15 is 0 Å². The van der Waals surface area contributed by atoms with Crippen molar-refractivity contribution in [1.82, 2.24) is 10.2 Å². The zero-order valence-electron chi connectivity index (χ0n) is 19.0. The van der Waals surface area contributed by atoms with Crippen LogP contribution in [0.25, 0.3) is 0 Å². The van der Waals surface area contributed by atoms with Crippen molar-refractivity contribution in [3.05, 3.63) is 47.5 Å². The van der Waals surface area contributed by atoms with E-state index in [9.17, 15) is 19.5 Å². The van der Waals surface area contributed by atoms with E-state index in [1.165, 1.54) is 0 Å². The smallest absolute Gasteiger partial charge is 0.306 e. The first-order chi connectivity index (χ1) is 15.4. The molecule has 174 valence electrons. The number of hydrogen-bond donors (Lipinski definition) is 2. The molecule has 2 heterocycles. The number of rotatable bonds is 4. The summed E-state index contributed by atoms with van der Waals surface area (Å²) in [4.78, 5) is 39.9. The molecule has 0 fully saturated rings. The Labute approximate surface area is 189 Å². The highest BCUT2D eigenvalue weighted by Crippen LogP contribution is 2.25. The number of aliphatic hydroxyl groups is 1. The Bertz CT molecular complexity index is 850. The molecule has 0 radical (unpaired) electrons. The van der Waals surface area contributed by atoms with E-state index in [1.807, 2.05) is 50.3 Å². The lowest BCUT2D eigenvalue weighted by Crippen LogP contribution is -2.49. The second-order valence-corrected chi connectivity index (χ2v) is 9.02. The van der Waals surface area contributed by atoms with Crippen molar-refractivity contribution in [2.75, 3.05) is 13.2 Å². The molecule has 2 aliphatic heterocycles. The fourth-order valence-corrected chi connectivity index (χ4v) is 4.19. The highest BCUT2D eigenvalue weighted by atomic mass is 16.5. The summed E-state index contributed by atoms with van der Waals surface area (Å²) in [5.41, 5.74) is 2.23. The lowest BCUT2D eigenvalue weighted by molar-refractivity contribution is -0.145. The van der Waals surface area contributed by atoms with Gasteiger partial charge in [0, 0.05) is 19.4 Å². The molecule has 0 aromatic heterocycles. The van der Waals surface area contributed by atoms with Gasteiger partial charge in [0.05, 0.1) is 24.6 Å². The SMILES string of the molecule is CC(C)C1COC(=O)CCC=CCC(CC(=O)N2Cc3ccccc3CC2CO)C(=O)N1. The molecule has 3 atom stereocenters. The number of allylic oxidation sites excluding steroid dienone is 2. The molecule has 1 aromatic carbocycles. The number of amides is 2. The normalized spacial score (nSPS) is 24.8. The summed E-state index contributed by atoms with van der Waals surface area (Å²) in [5.74, 6) is -1.06. The van der Waals surface area contributed by atoms with E-state index in [4.69, 9.17) is 4.74 Å². The third kappa shape index (κ3) is 6.19. The summed E-state index contributed by atoms with van der Waals surface area (Å²) in [6.07, 6.45) is 5.67. The topological polar surface area (TPSA) is 95.9 Å². The molecular weight excluding hydrogens is 408 g/mol. The van der Waals surface area contributed by atoms with Gasteiger partial charge in [-0.2, -0.15) is 0 Å². The van der Waals surface area contributed by atoms with Crippen LogP contribution in [0.15, 0.2) is 36.4 Å². The van der Waals surface area contributed by atoms with E-state index in [-0.39, 0.29) is 55.4 Å². The summed E-state index contributed by atoms with van der Waals surface area (Å²) in [6, 6.07) is 7.36. The van der Waals surface area contributed by atoms with Crippen LogP contribution in [0.4, 0.5) is 0 Å². The Balaban J connectivity index is 1.74. The Morgan fingerprint density at radius 3 is 2.69 bits per heavy atom. The summed E-state index contributed by atoms with van der Waals surface area (Å²) in [7, 11) is 0. The molecule has 3 unspecified atom stereocenters. The van der Waals surface area contributed by atoms with Gasteiger partial charge in [-0.05, 0) is 36.3 Å². The summed E-state index contributed by atoms with van der Waals surface area (Å²) < 4.78 is 5.32. The van der Waals surface area contributed by atoms with Crippen LogP contribution in [-0.2, 0) is 32.1 Å². The molecule has 7 heteroatoms. The Morgan fingerprint density at radius 1 is 1.22 bits per heavy atom. The van der Waals surface area contributed by atoms with Crippen LogP contribution >= 0.6 is 0 Å². The largest absolute Gasteiger partial charge is 0.463 e. The van der Waals surface area contributed by atoms with E-state index in [0.717, 1.165) is 11.1 Å². The molecule has 7 nitrogen and oxygen atoms in total. The summed E-state index contributed by atoms with van der Waals surface area (Å²) in [6.45, 7) is 4.37. The van der Waals surface area contributed by atoms with Crippen molar-refractivity contribution in [3.63, 3.8) is 0 Å². The summed E-state index contributed by atoms with van der Waals surface area (Å²) in [5, 5.41) is 12.9. The molecule has 1 aromatic rings. The van der Waals surface area contributed by atoms with Crippen LogP contribution in [0.1, 0.15) is 50.7 Å². The van der Waals surface area contributed by atoms with Crippen molar-refractivity contribution in [1.29, 1.82) is 0 Å². The van der Waals surface area contributed by atoms with Gasteiger partial charge in [0.15, 0.2) is 0 Å². The lowest BCUT2D eigenvalue weighted by Gasteiger charge is -2.37. The first-order valence-corrected chi connectivity index (χ1v) is 11.5. The van der Waals surface area contributed by atoms with Gasteiger partial charge in [-0.15, -0.1) is 0 Å². The minimum atomic E-state index is -0.522. The number of nitrogens with one attached hydrogen (secondary N) is 1. The second-order valence-electron chi connectivity index (χ2n) is 9.02. The quantitative estimate of drug-likeness (QED) is 0.551. The number of esters is 1. The minimum Gasteiger partial charge on any atom is -0.463 e. The van der Waals surface area contributed by atoms with Gasteiger partial charge in [-0.3, -0.25) is 14.4 Å². The first kappa shape index (κ1) is 24.0. The maximum atomic E-state index is 13.3. The number of cyclic esters (lactones) is 1. The average molecular weight is 443 g/mol. The standard InChI is InChI=1S/C25H34N2O5/c1-17(2)22-16-32-24(30)11-5-3-4-9-19(25(31)26-22)13-23(29)27-14-20-10-7-6-8-18(20)12-21(27)15-28/h3-4,6-8,10,17,19,21-22,28H,5,9,11-16H2,1-2H3,(H,26,31). The number of carbonyl (C=O) groups is 3. The van der Waals surface area contributed by atoms with Crippen LogP contribution in [0.5, 0.6) is 0 Å². The fourth-order valence-electron chi connectivity index (χ4n) is 4.19. The first-order valence-electron chi connectivity index (χ1n) is 11.5. The number of carbonyl (C=O) groups excluding carboxylic acids is 3. The maximum absolute atomic E-state index is 13.3. The number of hydrogen-bond acceptors (Lipinski definition) is 5. The van der Waals surface area contributed by atoms with Crippen LogP contribution < -0.4 is 5.32 Å². The molecule has 2 aliphatic rings. The van der Waals surface area contributed by atoms with Gasteiger partial charge in [0.1, 0.15) is 6.61 Å². The molecular formula is C25H34N2O5. The second kappa shape index (κ2) is 11.3. The molecule has 0 saturated heterocycles. The average Bonchev–Trinajstić information content (AvgIpc) is 2.78. The zero-order chi connectivity index (χ0) is 23.1. The molecule has 0 aliphatic carbocycles.